The van der Waals surface area contributed by atoms with Gasteiger partial charge in [0, 0.05) is 43.7 Å². The Balaban J connectivity index is 1.58. The van der Waals surface area contributed by atoms with Gasteiger partial charge in [0.1, 0.15) is 16.8 Å². The molecule has 0 saturated carbocycles. The predicted octanol–water partition coefficient (Wildman–Crippen LogP) is 3.53. The lowest BCUT2D eigenvalue weighted by Crippen LogP contribution is -2.40. The fourth-order valence-electron chi connectivity index (χ4n) is 3.20. The van der Waals surface area contributed by atoms with Gasteiger partial charge in [0.2, 0.25) is 0 Å². The number of rotatable bonds is 6. The minimum atomic E-state index is -0.822. The number of hydrogen-bond donors (Lipinski definition) is 1. The molecule has 1 atom stereocenters. The molecule has 4 aromatic rings. The van der Waals surface area contributed by atoms with E-state index in [1.165, 1.54) is 18.3 Å². The van der Waals surface area contributed by atoms with E-state index >= 15 is 0 Å². The van der Waals surface area contributed by atoms with Crippen LogP contribution in [-0.2, 0) is 12.5 Å². The Morgan fingerprint density at radius 3 is 2.75 bits per heavy atom. The first-order chi connectivity index (χ1) is 15.3. The summed E-state index contributed by atoms with van der Waals surface area (Å²) in [6.45, 7) is 1.98. The summed E-state index contributed by atoms with van der Waals surface area (Å²) in [5.41, 5.74) is 0.442. The van der Waals surface area contributed by atoms with E-state index in [2.05, 4.69) is 25.5 Å². The van der Waals surface area contributed by atoms with Crippen molar-refractivity contribution < 1.29 is 18.1 Å². The van der Waals surface area contributed by atoms with Crippen molar-refractivity contribution in [1.82, 2.24) is 30.2 Å². The van der Waals surface area contributed by atoms with Crippen molar-refractivity contribution in [3.8, 4) is 11.3 Å². The van der Waals surface area contributed by atoms with Gasteiger partial charge < -0.3 is 9.84 Å². The third kappa shape index (κ3) is 4.22. The minimum absolute atomic E-state index is 0.00313. The quantitative estimate of drug-likeness (QED) is 0.474. The van der Waals surface area contributed by atoms with Crippen LogP contribution < -0.4 is 5.32 Å². The highest BCUT2D eigenvalue weighted by Crippen LogP contribution is 2.30. The van der Waals surface area contributed by atoms with Crippen LogP contribution in [0.15, 0.2) is 53.6 Å². The largest absolute Gasteiger partial charge is 0.355 e. The van der Waals surface area contributed by atoms with Crippen molar-refractivity contribution in [3.63, 3.8) is 0 Å². The summed E-state index contributed by atoms with van der Waals surface area (Å²) < 4.78 is 33.9. The zero-order chi connectivity index (χ0) is 22.9. The molecule has 32 heavy (non-hydrogen) atoms. The van der Waals surface area contributed by atoms with E-state index in [1.807, 2.05) is 6.92 Å². The molecule has 1 unspecified atom stereocenters. The van der Waals surface area contributed by atoms with E-state index < -0.39 is 23.0 Å². The number of aromatic nitrogens is 5. The van der Waals surface area contributed by atoms with Crippen LogP contribution in [0, 0.1) is 11.6 Å². The first-order valence-electron chi connectivity index (χ1n) is 9.44. The van der Waals surface area contributed by atoms with Gasteiger partial charge in [0.05, 0.1) is 29.1 Å². The Hall–Kier alpha value is -3.66. The van der Waals surface area contributed by atoms with Crippen molar-refractivity contribution in [3.05, 3.63) is 82.8 Å². The van der Waals surface area contributed by atoms with E-state index in [0.29, 0.717) is 5.69 Å². The maximum Gasteiger partial charge on any atom is 0.273 e. The molecular weight excluding hydrogens is 442 g/mol. The van der Waals surface area contributed by atoms with Gasteiger partial charge in [0.15, 0.2) is 11.5 Å². The highest BCUT2D eigenvalue weighted by atomic mass is 35.5. The fraction of sp³-hybridized carbons (Fsp3) is 0.190. The van der Waals surface area contributed by atoms with E-state index in [1.54, 1.807) is 30.3 Å². The molecule has 1 aromatic carbocycles. The molecule has 0 radical (unpaired) electrons. The van der Waals surface area contributed by atoms with E-state index in [-0.39, 0.29) is 28.7 Å². The topological polar surface area (TPSA) is 98.7 Å². The SMILES string of the molecule is Cn1cc(C(C)(CNC(=O)c2cc(-c3ccc(F)cc3F)on2)c2cncc(Cl)n2)cn1. The lowest BCUT2D eigenvalue weighted by atomic mass is 9.81. The molecule has 4 rings (SSSR count). The van der Waals surface area contributed by atoms with E-state index in [4.69, 9.17) is 16.1 Å². The highest BCUT2D eigenvalue weighted by molar-refractivity contribution is 6.29. The number of carbonyl (C=O) groups is 1. The number of aryl methyl sites for hydroxylation is 1. The van der Waals surface area contributed by atoms with Crippen LogP contribution in [0.2, 0.25) is 5.15 Å². The molecule has 11 heteroatoms. The Labute approximate surface area is 186 Å². The normalized spacial score (nSPS) is 13.0. The van der Waals surface area contributed by atoms with Crippen LogP contribution in [0.3, 0.4) is 0 Å². The lowest BCUT2D eigenvalue weighted by Gasteiger charge is -2.28. The van der Waals surface area contributed by atoms with E-state index in [9.17, 15) is 13.6 Å². The van der Waals surface area contributed by atoms with Crippen LogP contribution >= 0.6 is 11.6 Å². The van der Waals surface area contributed by atoms with Gasteiger partial charge in [-0.1, -0.05) is 16.8 Å². The smallest absolute Gasteiger partial charge is 0.273 e. The summed E-state index contributed by atoms with van der Waals surface area (Å²) >= 11 is 6.03. The molecule has 1 N–H and O–H groups in total. The summed E-state index contributed by atoms with van der Waals surface area (Å²) in [5.74, 6) is -2.09. The Morgan fingerprint density at radius 1 is 1.25 bits per heavy atom. The Kier molecular flexibility index (Phi) is 5.70. The third-order valence-corrected chi connectivity index (χ3v) is 5.24. The molecule has 3 heterocycles. The zero-order valence-corrected chi connectivity index (χ0v) is 17.8. The van der Waals surface area contributed by atoms with Crippen LogP contribution in [0.1, 0.15) is 28.7 Å². The van der Waals surface area contributed by atoms with Crippen LogP contribution in [-0.4, -0.2) is 37.4 Å². The molecule has 8 nitrogen and oxygen atoms in total. The molecule has 3 aromatic heterocycles. The molecule has 0 aliphatic heterocycles. The fourth-order valence-corrected chi connectivity index (χ4v) is 3.35. The summed E-state index contributed by atoms with van der Waals surface area (Å²) in [7, 11) is 1.78. The molecular formula is C21H17ClF2N6O2. The molecule has 0 fully saturated rings. The first-order valence-corrected chi connectivity index (χ1v) is 9.81. The van der Waals surface area contributed by atoms with Crippen molar-refractivity contribution in [2.45, 2.75) is 12.3 Å². The molecule has 0 aliphatic rings. The number of halogens is 3. The molecule has 0 bridgehead atoms. The summed E-state index contributed by atoms with van der Waals surface area (Å²) in [4.78, 5) is 21.2. The molecule has 1 amide bonds. The maximum atomic E-state index is 14.0. The number of carbonyl (C=O) groups excluding carboxylic acids is 1. The standard InChI is InChI=1S/C21H17ClF2N6O2/c1-21(12-7-27-30(2)10-12,18-8-25-9-19(22)28-18)11-26-20(31)16-6-17(32-29-16)14-4-3-13(23)5-15(14)24/h3-10H,11H2,1-2H3,(H,26,31). The maximum absolute atomic E-state index is 14.0. The monoisotopic (exact) mass is 458 g/mol. The minimum Gasteiger partial charge on any atom is -0.355 e. The number of benzene rings is 1. The van der Waals surface area contributed by atoms with Gasteiger partial charge in [-0.25, -0.2) is 13.8 Å². The summed E-state index contributed by atoms with van der Waals surface area (Å²) in [5, 5.41) is 10.9. The van der Waals surface area contributed by atoms with Crippen LogP contribution in [0.25, 0.3) is 11.3 Å². The average Bonchev–Trinajstić information content (AvgIpc) is 3.41. The van der Waals surface area contributed by atoms with Crippen molar-refractivity contribution in [1.29, 1.82) is 0 Å². The van der Waals surface area contributed by atoms with Gasteiger partial charge >= 0.3 is 0 Å². The highest BCUT2D eigenvalue weighted by Gasteiger charge is 2.33. The molecule has 0 saturated heterocycles. The second-order valence-corrected chi connectivity index (χ2v) is 7.73. The Bertz CT molecular complexity index is 1290. The van der Waals surface area contributed by atoms with Gasteiger partial charge in [-0.2, -0.15) is 5.10 Å². The van der Waals surface area contributed by atoms with Gasteiger partial charge in [0.25, 0.3) is 5.91 Å². The predicted molar refractivity (Wildman–Crippen MR) is 111 cm³/mol. The second-order valence-electron chi connectivity index (χ2n) is 7.35. The zero-order valence-electron chi connectivity index (χ0n) is 17.0. The number of amides is 1. The lowest BCUT2D eigenvalue weighted by molar-refractivity contribution is 0.0938. The summed E-state index contributed by atoms with van der Waals surface area (Å²) in [6, 6.07) is 4.31. The first kappa shape index (κ1) is 21.6. The van der Waals surface area contributed by atoms with Gasteiger partial charge in [-0.3, -0.25) is 14.5 Å². The number of hydrogen-bond acceptors (Lipinski definition) is 6. The number of nitrogens with one attached hydrogen (secondary N) is 1. The summed E-state index contributed by atoms with van der Waals surface area (Å²) in [6.07, 6.45) is 6.45. The molecule has 0 aliphatic carbocycles. The Morgan fingerprint density at radius 2 is 2.06 bits per heavy atom. The van der Waals surface area contributed by atoms with E-state index in [0.717, 1.165) is 17.7 Å². The van der Waals surface area contributed by atoms with Crippen LogP contribution in [0.4, 0.5) is 8.78 Å². The van der Waals surface area contributed by atoms with Crippen molar-refractivity contribution >= 4 is 17.5 Å². The van der Waals surface area contributed by atoms with Gasteiger partial charge in [-0.05, 0) is 19.1 Å². The van der Waals surface area contributed by atoms with Crippen LogP contribution in [0.5, 0.6) is 0 Å². The van der Waals surface area contributed by atoms with Crippen molar-refractivity contribution in [2.24, 2.45) is 7.05 Å². The number of nitrogens with zero attached hydrogens (tertiary/aromatic N) is 5. The third-order valence-electron chi connectivity index (χ3n) is 5.05. The molecule has 0 spiro atoms. The van der Waals surface area contributed by atoms with Crippen molar-refractivity contribution in [2.75, 3.05) is 6.54 Å². The molecule has 164 valence electrons. The van der Waals surface area contributed by atoms with Gasteiger partial charge in [-0.15, -0.1) is 0 Å². The average molecular weight is 459 g/mol. The second kappa shape index (κ2) is 8.46.